The first-order valence-electron chi connectivity index (χ1n) is 7.14. The van der Waals surface area contributed by atoms with E-state index in [1.54, 1.807) is 20.8 Å². The van der Waals surface area contributed by atoms with E-state index in [4.69, 9.17) is 9.47 Å². The number of hydrogen-bond donors (Lipinski definition) is 0. The molecule has 0 spiro atoms. The lowest BCUT2D eigenvalue weighted by molar-refractivity contribution is -0.162. The normalized spacial score (nSPS) is 18.7. The lowest BCUT2D eigenvalue weighted by atomic mass is 10.3. The van der Waals surface area contributed by atoms with E-state index >= 15 is 0 Å². The van der Waals surface area contributed by atoms with Crippen molar-refractivity contribution in [1.29, 1.82) is 0 Å². The summed E-state index contributed by atoms with van der Waals surface area (Å²) >= 11 is 1.09. The molecular weight excluding hydrogens is 326 g/mol. The summed E-state index contributed by atoms with van der Waals surface area (Å²) in [5.74, 6) is -3.26. The number of amides is 1. The van der Waals surface area contributed by atoms with Gasteiger partial charge in [0.15, 0.2) is 0 Å². The lowest BCUT2D eigenvalue weighted by Crippen LogP contribution is -2.45. The van der Waals surface area contributed by atoms with Gasteiger partial charge in [-0.25, -0.2) is 14.4 Å². The Morgan fingerprint density at radius 2 is 1.70 bits per heavy atom. The Labute approximate surface area is 138 Å². The Hall–Kier alpha value is -2.03. The lowest BCUT2D eigenvalue weighted by Gasteiger charge is -2.22. The van der Waals surface area contributed by atoms with Crippen molar-refractivity contribution in [3.8, 4) is 0 Å². The van der Waals surface area contributed by atoms with Gasteiger partial charge in [0.1, 0.15) is 6.04 Å². The molecule has 1 amide bonds. The summed E-state index contributed by atoms with van der Waals surface area (Å²) in [7, 11) is 0. The minimum Gasteiger partial charge on any atom is -0.464 e. The summed E-state index contributed by atoms with van der Waals surface area (Å²) in [5, 5.41) is 0.152. The second-order valence-corrected chi connectivity index (χ2v) is 5.25. The van der Waals surface area contributed by atoms with Crippen LogP contribution in [0.25, 0.3) is 0 Å². The smallest absolute Gasteiger partial charge is 0.397 e. The molecule has 1 aliphatic rings. The molecule has 128 valence electrons. The fourth-order valence-corrected chi connectivity index (χ4v) is 2.95. The van der Waals surface area contributed by atoms with E-state index in [0.717, 1.165) is 22.7 Å². The van der Waals surface area contributed by atoms with Crippen molar-refractivity contribution in [3.63, 3.8) is 0 Å². The maximum Gasteiger partial charge on any atom is 0.397 e. The van der Waals surface area contributed by atoms with E-state index in [9.17, 15) is 19.2 Å². The first-order valence-corrected chi connectivity index (χ1v) is 8.12. The van der Waals surface area contributed by atoms with Crippen molar-refractivity contribution in [1.82, 2.24) is 4.90 Å². The van der Waals surface area contributed by atoms with Gasteiger partial charge in [-0.05, 0) is 20.8 Å². The molecule has 1 rings (SSSR count). The van der Waals surface area contributed by atoms with Gasteiger partial charge in [0, 0.05) is 5.75 Å². The first-order chi connectivity index (χ1) is 11.0. The Balaban J connectivity index is 3.06. The number of rotatable bonds is 5. The Morgan fingerprint density at radius 3 is 2.26 bits per heavy atom. The quantitative estimate of drug-likeness (QED) is 0.307. The third kappa shape index (κ3) is 4.98. The van der Waals surface area contributed by atoms with Crippen LogP contribution in [0.15, 0.2) is 11.1 Å². The molecule has 0 aromatic rings. The third-order valence-electron chi connectivity index (χ3n) is 2.69. The molecule has 23 heavy (non-hydrogen) atoms. The van der Waals surface area contributed by atoms with Gasteiger partial charge in [0.2, 0.25) is 0 Å². The number of nitrogens with zero attached hydrogens (tertiary/aromatic N) is 1. The minimum absolute atomic E-state index is 0.0204. The van der Waals surface area contributed by atoms with E-state index in [2.05, 4.69) is 4.74 Å². The second-order valence-electron chi connectivity index (χ2n) is 4.21. The third-order valence-corrected chi connectivity index (χ3v) is 3.79. The maximum atomic E-state index is 12.2. The van der Waals surface area contributed by atoms with Gasteiger partial charge < -0.3 is 14.2 Å². The second kappa shape index (κ2) is 9.19. The minimum atomic E-state index is -1.10. The molecule has 0 saturated carbocycles. The average Bonchev–Trinajstić information content (AvgIpc) is 2.90. The van der Waals surface area contributed by atoms with Gasteiger partial charge in [-0.2, -0.15) is 0 Å². The van der Waals surface area contributed by atoms with Crippen molar-refractivity contribution in [2.45, 2.75) is 26.8 Å². The number of thioether (sulfide) groups is 1. The molecule has 0 N–H and O–H groups in total. The molecule has 0 aromatic carbocycles. The molecule has 1 aliphatic heterocycles. The van der Waals surface area contributed by atoms with Crippen LogP contribution in [0.1, 0.15) is 20.8 Å². The standard InChI is InChI=1S/C14H19NO7S/c1-4-20-11(16)7-10-15(12(17)14(19)22-6-3)9(8-23-10)13(18)21-5-2/h7,9H,4-6,8H2,1-3H3. The summed E-state index contributed by atoms with van der Waals surface area (Å²) < 4.78 is 14.4. The highest BCUT2D eigenvalue weighted by molar-refractivity contribution is 8.03. The number of carbonyl (C=O) groups is 4. The van der Waals surface area contributed by atoms with E-state index in [0.29, 0.717) is 0 Å². The number of carbonyl (C=O) groups excluding carboxylic acids is 4. The topological polar surface area (TPSA) is 99.2 Å². The Bertz CT molecular complexity index is 517. The highest BCUT2D eigenvalue weighted by Crippen LogP contribution is 2.33. The van der Waals surface area contributed by atoms with Crippen molar-refractivity contribution in [2.24, 2.45) is 0 Å². The molecule has 0 radical (unpaired) electrons. The fourth-order valence-electron chi connectivity index (χ4n) is 1.80. The SMILES string of the molecule is CCOC(=O)C=C1SCC(C(=O)OCC)N1C(=O)C(=O)OCC. The van der Waals surface area contributed by atoms with Crippen LogP contribution >= 0.6 is 11.8 Å². The van der Waals surface area contributed by atoms with Gasteiger partial charge >= 0.3 is 23.8 Å². The van der Waals surface area contributed by atoms with Crippen LogP contribution in [0.3, 0.4) is 0 Å². The molecule has 1 unspecified atom stereocenters. The van der Waals surface area contributed by atoms with Crippen molar-refractivity contribution in [2.75, 3.05) is 25.6 Å². The monoisotopic (exact) mass is 345 g/mol. The summed E-state index contributed by atoms with van der Waals surface area (Å²) in [6.45, 7) is 5.15. The predicted octanol–water partition coefficient (Wildman–Crippen LogP) is 0.461. The highest BCUT2D eigenvalue weighted by atomic mass is 32.2. The van der Waals surface area contributed by atoms with Crippen LogP contribution in [0.2, 0.25) is 0 Å². The number of esters is 3. The van der Waals surface area contributed by atoms with Gasteiger partial charge in [-0.15, -0.1) is 11.8 Å². The first kappa shape index (κ1) is 19.0. The van der Waals surface area contributed by atoms with Crippen LogP contribution < -0.4 is 0 Å². The summed E-state index contributed by atoms with van der Waals surface area (Å²) in [6, 6.07) is -0.988. The highest BCUT2D eigenvalue weighted by Gasteiger charge is 2.42. The van der Waals surface area contributed by atoms with E-state index in [1.807, 2.05) is 0 Å². The summed E-state index contributed by atoms with van der Waals surface area (Å²) in [4.78, 5) is 48.4. The van der Waals surface area contributed by atoms with Gasteiger partial charge in [-0.3, -0.25) is 9.69 Å². The summed E-state index contributed by atoms with van der Waals surface area (Å²) in [5.41, 5.74) is 0. The predicted molar refractivity (Wildman–Crippen MR) is 81.1 cm³/mol. The van der Waals surface area contributed by atoms with E-state index in [-0.39, 0.29) is 30.6 Å². The summed E-state index contributed by atoms with van der Waals surface area (Å²) in [6.07, 6.45) is 1.07. The van der Waals surface area contributed by atoms with Crippen LogP contribution in [0.5, 0.6) is 0 Å². The number of ether oxygens (including phenoxy) is 3. The zero-order valence-corrected chi connectivity index (χ0v) is 14.0. The van der Waals surface area contributed by atoms with Gasteiger partial charge in [-0.1, -0.05) is 0 Å². The molecule has 1 saturated heterocycles. The number of hydrogen-bond acceptors (Lipinski definition) is 8. The van der Waals surface area contributed by atoms with Crippen LogP contribution in [-0.2, 0) is 33.4 Å². The molecule has 0 aromatic heterocycles. The van der Waals surface area contributed by atoms with Crippen LogP contribution in [0.4, 0.5) is 0 Å². The molecule has 8 nitrogen and oxygen atoms in total. The van der Waals surface area contributed by atoms with Crippen LogP contribution in [-0.4, -0.2) is 60.3 Å². The zero-order valence-electron chi connectivity index (χ0n) is 13.2. The maximum absolute atomic E-state index is 12.2. The Morgan fingerprint density at radius 1 is 1.09 bits per heavy atom. The van der Waals surface area contributed by atoms with Crippen molar-refractivity contribution >= 4 is 35.6 Å². The molecule has 0 aliphatic carbocycles. The zero-order chi connectivity index (χ0) is 17.4. The van der Waals surface area contributed by atoms with Gasteiger partial charge in [0.25, 0.3) is 0 Å². The van der Waals surface area contributed by atoms with Crippen LogP contribution in [0, 0.1) is 0 Å². The molecule has 1 heterocycles. The molecule has 0 bridgehead atoms. The fraction of sp³-hybridized carbons (Fsp3) is 0.571. The average molecular weight is 345 g/mol. The van der Waals surface area contributed by atoms with E-state index in [1.165, 1.54) is 0 Å². The largest absolute Gasteiger partial charge is 0.464 e. The molecule has 1 fully saturated rings. The Kier molecular flexibility index (Phi) is 7.60. The van der Waals surface area contributed by atoms with E-state index < -0.39 is 29.9 Å². The molecule has 1 atom stereocenters. The van der Waals surface area contributed by atoms with Crippen molar-refractivity contribution < 1.29 is 33.4 Å². The van der Waals surface area contributed by atoms with Crippen molar-refractivity contribution in [3.05, 3.63) is 11.1 Å². The molecule has 9 heteroatoms. The molecular formula is C14H19NO7S. The van der Waals surface area contributed by atoms with Gasteiger partial charge in [0.05, 0.1) is 30.9 Å².